The minimum absolute atomic E-state index is 0.271. The molecule has 2 aliphatic rings. The molecule has 2 saturated heterocycles. The molecule has 10 heavy (non-hydrogen) atoms. The summed E-state index contributed by atoms with van der Waals surface area (Å²) in [6, 6.07) is 0. The van der Waals surface area contributed by atoms with Gasteiger partial charge in [-0.2, -0.15) is 0 Å². The number of rotatable bonds is 1. The Balaban J connectivity index is 2.01. The number of ether oxygens (including phenoxy) is 2. The van der Waals surface area contributed by atoms with E-state index in [0.29, 0.717) is 5.92 Å². The first kappa shape index (κ1) is 6.62. The molecule has 2 unspecified atom stereocenters. The molecule has 0 amide bonds. The maximum Gasteiger partial charge on any atom is 0.0988 e. The smallest absolute Gasteiger partial charge is 0.0988 e. The Morgan fingerprint density at radius 1 is 1.60 bits per heavy atom. The molecule has 0 aromatic carbocycles. The molecule has 0 aromatic rings. The summed E-state index contributed by atoms with van der Waals surface area (Å²) in [7, 11) is 0. The lowest BCUT2D eigenvalue weighted by Gasteiger charge is -2.27. The van der Waals surface area contributed by atoms with Crippen molar-refractivity contribution in [2.24, 2.45) is 5.92 Å². The van der Waals surface area contributed by atoms with Crippen LogP contribution in [-0.4, -0.2) is 25.4 Å². The Morgan fingerprint density at radius 3 is 2.90 bits per heavy atom. The van der Waals surface area contributed by atoms with E-state index in [-0.39, 0.29) is 5.60 Å². The van der Waals surface area contributed by atoms with Crippen LogP contribution >= 0.6 is 0 Å². The van der Waals surface area contributed by atoms with Gasteiger partial charge in [-0.25, -0.2) is 0 Å². The van der Waals surface area contributed by atoms with Gasteiger partial charge in [-0.1, -0.05) is 6.92 Å². The van der Waals surface area contributed by atoms with Crippen LogP contribution in [0, 0.1) is 5.92 Å². The lowest BCUT2D eigenvalue weighted by atomic mass is 9.87. The molecule has 2 atom stereocenters. The summed E-state index contributed by atoms with van der Waals surface area (Å²) in [5, 5.41) is 0. The summed E-state index contributed by atoms with van der Waals surface area (Å²) in [4.78, 5) is 0. The van der Waals surface area contributed by atoms with Gasteiger partial charge in [0.05, 0.1) is 18.8 Å². The van der Waals surface area contributed by atoms with Gasteiger partial charge in [0.15, 0.2) is 0 Å². The average molecular weight is 142 g/mol. The third-order valence-electron chi connectivity index (χ3n) is 2.74. The molecule has 2 aliphatic heterocycles. The summed E-state index contributed by atoms with van der Waals surface area (Å²) < 4.78 is 10.8. The summed E-state index contributed by atoms with van der Waals surface area (Å²) in [6.07, 6.45) is 2.31. The van der Waals surface area contributed by atoms with Gasteiger partial charge in [-0.15, -0.1) is 0 Å². The van der Waals surface area contributed by atoms with Crippen LogP contribution in [0.5, 0.6) is 0 Å². The first-order valence-electron chi connectivity index (χ1n) is 4.09. The zero-order chi connectivity index (χ0) is 7.03. The standard InChI is InChI=1S/C8H14O2/c1-2-7-5-9-4-3-8(7)6-10-8/h7H,2-6H2,1H3. The Hall–Kier alpha value is -0.0800. The average Bonchev–Trinajstić information content (AvgIpc) is 2.71. The highest BCUT2D eigenvalue weighted by Gasteiger charge is 2.51. The Morgan fingerprint density at radius 2 is 2.40 bits per heavy atom. The van der Waals surface area contributed by atoms with Crippen molar-refractivity contribution < 1.29 is 9.47 Å². The van der Waals surface area contributed by atoms with Gasteiger partial charge in [0.25, 0.3) is 0 Å². The quantitative estimate of drug-likeness (QED) is 0.513. The molecule has 0 aromatic heterocycles. The number of hydrogen-bond donors (Lipinski definition) is 0. The van der Waals surface area contributed by atoms with Crippen molar-refractivity contribution in [2.45, 2.75) is 25.4 Å². The van der Waals surface area contributed by atoms with Crippen LogP contribution in [0.4, 0.5) is 0 Å². The van der Waals surface area contributed by atoms with E-state index < -0.39 is 0 Å². The van der Waals surface area contributed by atoms with Gasteiger partial charge in [-0.05, 0) is 6.42 Å². The van der Waals surface area contributed by atoms with Crippen molar-refractivity contribution in [3.05, 3.63) is 0 Å². The van der Waals surface area contributed by atoms with Crippen molar-refractivity contribution in [2.75, 3.05) is 19.8 Å². The summed E-state index contributed by atoms with van der Waals surface area (Å²) >= 11 is 0. The van der Waals surface area contributed by atoms with Crippen molar-refractivity contribution in [3.63, 3.8) is 0 Å². The van der Waals surface area contributed by atoms with E-state index in [2.05, 4.69) is 6.92 Å². The first-order chi connectivity index (χ1) is 4.87. The second-order valence-corrected chi connectivity index (χ2v) is 3.28. The van der Waals surface area contributed by atoms with Crippen molar-refractivity contribution >= 4 is 0 Å². The normalized spacial score (nSPS) is 45.9. The van der Waals surface area contributed by atoms with Crippen LogP contribution < -0.4 is 0 Å². The van der Waals surface area contributed by atoms with E-state index in [0.717, 1.165) is 26.2 Å². The van der Waals surface area contributed by atoms with Crippen LogP contribution in [0.2, 0.25) is 0 Å². The van der Waals surface area contributed by atoms with Crippen molar-refractivity contribution in [1.29, 1.82) is 0 Å². The number of hydrogen-bond acceptors (Lipinski definition) is 2. The maximum absolute atomic E-state index is 5.46. The zero-order valence-corrected chi connectivity index (χ0v) is 6.43. The van der Waals surface area contributed by atoms with Crippen molar-refractivity contribution in [1.82, 2.24) is 0 Å². The van der Waals surface area contributed by atoms with E-state index in [1.165, 1.54) is 6.42 Å². The Bertz CT molecular complexity index is 129. The van der Waals surface area contributed by atoms with Crippen LogP contribution in [0.15, 0.2) is 0 Å². The van der Waals surface area contributed by atoms with Gasteiger partial charge in [0.1, 0.15) is 0 Å². The molecule has 2 rings (SSSR count). The first-order valence-corrected chi connectivity index (χ1v) is 4.09. The molecule has 0 saturated carbocycles. The summed E-state index contributed by atoms with van der Waals surface area (Å²) in [6.45, 7) is 5.00. The SMILES string of the molecule is CCC1COCCC12CO2. The molecule has 0 N–H and O–H groups in total. The highest BCUT2D eigenvalue weighted by atomic mass is 16.6. The molecule has 2 fully saturated rings. The van der Waals surface area contributed by atoms with Crippen LogP contribution in [0.1, 0.15) is 19.8 Å². The predicted molar refractivity (Wildman–Crippen MR) is 37.9 cm³/mol. The highest BCUT2D eigenvalue weighted by Crippen LogP contribution is 2.42. The van der Waals surface area contributed by atoms with E-state index in [9.17, 15) is 0 Å². The maximum atomic E-state index is 5.46. The molecule has 2 nitrogen and oxygen atoms in total. The topological polar surface area (TPSA) is 21.8 Å². The van der Waals surface area contributed by atoms with E-state index in [4.69, 9.17) is 9.47 Å². The fourth-order valence-electron chi connectivity index (χ4n) is 1.79. The third kappa shape index (κ3) is 0.867. The van der Waals surface area contributed by atoms with Crippen LogP contribution in [0.25, 0.3) is 0 Å². The molecular formula is C8H14O2. The lowest BCUT2D eigenvalue weighted by Crippen LogP contribution is -2.34. The fraction of sp³-hybridized carbons (Fsp3) is 1.00. The Kier molecular flexibility index (Phi) is 1.46. The zero-order valence-electron chi connectivity index (χ0n) is 6.43. The van der Waals surface area contributed by atoms with Gasteiger partial charge in [-0.3, -0.25) is 0 Å². The Labute approximate surface area is 61.5 Å². The van der Waals surface area contributed by atoms with Gasteiger partial charge < -0.3 is 9.47 Å². The molecule has 58 valence electrons. The molecule has 2 heterocycles. The monoisotopic (exact) mass is 142 g/mol. The number of epoxide rings is 1. The van der Waals surface area contributed by atoms with Gasteiger partial charge in [0, 0.05) is 18.9 Å². The molecule has 1 spiro atoms. The molecule has 0 bridgehead atoms. The minimum Gasteiger partial charge on any atom is -0.381 e. The van der Waals surface area contributed by atoms with Crippen LogP contribution in [-0.2, 0) is 9.47 Å². The van der Waals surface area contributed by atoms with Gasteiger partial charge >= 0.3 is 0 Å². The largest absolute Gasteiger partial charge is 0.381 e. The summed E-state index contributed by atoms with van der Waals surface area (Å²) in [5.41, 5.74) is 0.271. The summed E-state index contributed by atoms with van der Waals surface area (Å²) in [5.74, 6) is 0.668. The molecule has 0 radical (unpaired) electrons. The van der Waals surface area contributed by atoms with E-state index >= 15 is 0 Å². The second kappa shape index (κ2) is 2.21. The lowest BCUT2D eigenvalue weighted by molar-refractivity contribution is -0.00183. The van der Waals surface area contributed by atoms with E-state index in [1.54, 1.807) is 0 Å². The van der Waals surface area contributed by atoms with E-state index in [1.807, 2.05) is 0 Å². The predicted octanol–water partition coefficient (Wildman–Crippen LogP) is 1.20. The third-order valence-corrected chi connectivity index (χ3v) is 2.74. The van der Waals surface area contributed by atoms with Crippen molar-refractivity contribution in [3.8, 4) is 0 Å². The minimum atomic E-state index is 0.271. The molecule has 2 heteroatoms. The highest BCUT2D eigenvalue weighted by molar-refractivity contribution is 4.99. The molecule has 0 aliphatic carbocycles. The van der Waals surface area contributed by atoms with Crippen LogP contribution in [0.3, 0.4) is 0 Å². The van der Waals surface area contributed by atoms with Gasteiger partial charge in [0.2, 0.25) is 0 Å². The molecular weight excluding hydrogens is 128 g/mol. The second-order valence-electron chi connectivity index (χ2n) is 3.28. The fourth-order valence-corrected chi connectivity index (χ4v) is 1.79.